The number of H-pyrrole nitrogens is 1. The molecule has 0 radical (unpaired) electrons. The third-order valence-corrected chi connectivity index (χ3v) is 2.48. The first-order chi connectivity index (χ1) is 5.77. The van der Waals surface area contributed by atoms with Gasteiger partial charge < -0.3 is 0 Å². The lowest BCUT2D eigenvalue weighted by molar-refractivity contribution is 0.660. The van der Waals surface area contributed by atoms with Gasteiger partial charge in [-0.15, -0.1) is 0 Å². The van der Waals surface area contributed by atoms with Gasteiger partial charge in [0.1, 0.15) is 0 Å². The minimum atomic E-state index is -0.339. The Morgan fingerprint density at radius 2 is 2.33 bits per heavy atom. The molecule has 0 bridgehead atoms. The molecule has 0 aliphatic carbocycles. The Hall–Kier alpha value is -1.23. The SMILES string of the molecule is O=c1cc2n(c(=O)[nH]1)CC=CS2. The Bertz CT molecular complexity index is 443. The zero-order valence-corrected chi connectivity index (χ0v) is 6.93. The van der Waals surface area contributed by atoms with E-state index in [0.29, 0.717) is 11.6 Å². The van der Waals surface area contributed by atoms with Gasteiger partial charge in [-0.05, 0) is 5.41 Å². The highest BCUT2D eigenvalue weighted by Gasteiger charge is 2.06. The summed E-state index contributed by atoms with van der Waals surface area (Å²) < 4.78 is 1.52. The van der Waals surface area contributed by atoms with E-state index >= 15 is 0 Å². The Morgan fingerprint density at radius 1 is 1.50 bits per heavy atom. The highest BCUT2D eigenvalue weighted by molar-refractivity contribution is 8.02. The van der Waals surface area contributed by atoms with Crippen LogP contribution in [-0.2, 0) is 6.54 Å². The molecular formula is C7H6N2O2S. The summed E-state index contributed by atoms with van der Waals surface area (Å²) in [5.74, 6) is 0. The number of thioether (sulfide) groups is 1. The second kappa shape index (κ2) is 2.67. The summed E-state index contributed by atoms with van der Waals surface area (Å²) in [6.07, 6.45) is 1.87. The quantitative estimate of drug-likeness (QED) is 0.581. The number of aromatic nitrogens is 2. The van der Waals surface area contributed by atoms with Crippen molar-refractivity contribution in [3.8, 4) is 0 Å². The summed E-state index contributed by atoms with van der Waals surface area (Å²) >= 11 is 1.38. The maximum absolute atomic E-state index is 11.1. The standard InChI is InChI=1S/C7H6N2O2S/c10-5-4-6-9(7(11)8-5)2-1-3-12-6/h1,3-4H,2H2,(H,8,10,11). The maximum atomic E-state index is 11.1. The number of aromatic amines is 1. The molecule has 0 atom stereocenters. The maximum Gasteiger partial charge on any atom is 0.329 e. The summed E-state index contributed by atoms with van der Waals surface area (Å²) in [6, 6.07) is 1.43. The van der Waals surface area contributed by atoms with Crippen LogP contribution in [0.25, 0.3) is 0 Å². The molecule has 62 valence electrons. The fourth-order valence-electron chi connectivity index (χ4n) is 1.04. The van der Waals surface area contributed by atoms with E-state index in [9.17, 15) is 9.59 Å². The first kappa shape index (κ1) is 7.42. The van der Waals surface area contributed by atoms with Gasteiger partial charge in [0.2, 0.25) is 0 Å². The van der Waals surface area contributed by atoms with E-state index in [1.807, 2.05) is 11.5 Å². The molecule has 0 amide bonds. The second-order valence-electron chi connectivity index (χ2n) is 2.38. The molecule has 1 aromatic rings. The Morgan fingerprint density at radius 3 is 3.17 bits per heavy atom. The number of allylic oxidation sites excluding steroid dienone is 1. The van der Waals surface area contributed by atoms with Crippen molar-refractivity contribution in [1.29, 1.82) is 0 Å². The molecule has 0 spiro atoms. The molecule has 5 heteroatoms. The first-order valence-corrected chi connectivity index (χ1v) is 4.31. The van der Waals surface area contributed by atoms with Crippen LogP contribution in [0.4, 0.5) is 0 Å². The summed E-state index contributed by atoms with van der Waals surface area (Å²) in [4.78, 5) is 24.2. The first-order valence-electron chi connectivity index (χ1n) is 3.43. The predicted molar refractivity (Wildman–Crippen MR) is 46.3 cm³/mol. The molecule has 12 heavy (non-hydrogen) atoms. The summed E-state index contributed by atoms with van der Waals surface area (Å²) in [5.41, 5.74) is -0.677. The number of rotatable bonds is 0. The lowest BCUT2D eigenvalue weighted by atomic mass is 10.5. The summed E-state index contributed by atoms with van der Waals surface area (Å²) in [5, 5.41) is 2.57. The zero-order chi connectivity index (χ0) is 8.55. The largest absolute Gasteiger partial charge is 0.329 e. The van der Waals surface area contributed by atoms with Gasteiger partial charge in [0.05, 0.1) is 5.03 Å². The number of nitrogens with zero attached hydrogens (tertiary/aromatic N) is 1. The molecular weight excluding hydrogens is 176 g/mol. The molecule has 0 aromatic carbocycles. The normalized spacial score (nSPS) is 14.3. The zero-order valence-electron chi connectivity index (χ0n) is 6.11. The Labute approximate surface area is 71.9 Å². The lowest BCUT2D eigenvalue weighted by Crippen LogP contribution is -2.30. The van der Waals surface area contributed by atoms with Gasteiger partial charge in [0, 0.05) is 12.6 Å². The molecule has 0 saturated heterocycles. The molecule has 1 aromatic heterocycles. The van der Waals surface area contributed by atoms with E-state index in [1.165, 1.54) is 22.4 Å². The van der Waals surface area contributed by atoms with Crippen molar-refractivity contribution in [1.82, 2.24) is 9.55 Å². The van der Waals surface area contributed by atoms with Crippen LogP contribution in [-0.4, -0.2) is 9.55 Å². The van der Waals surface area contributed by atoms with E-state index in [1.54, 1.807) is 0 Å². The number of fused-ring (bicyclic) bond motifs is 1. The van der Waals surface area contributed by atoms with Crippen molar-refractivity contribution < 1.29 is 0 Å². The van der Waals surface area contributed by atoms with Crippen LogP contribution in [0, 0.1) is 0 Å². The van der Waals surface area contributed by atoms with Crippen LogP contribution in [0.1, 0.15) is 0 Å². The Balaban J connectivity index is 2.73. The van der Waals surface area contributed by atoms with Gasteiger partial charge >= 0.3 is 5.69 Å². The molecule has 0 fully saturated rings. The van der Waals surface area contributed by atoms with Crippen molar-refractivity contribution in [2.45, 2.75) is 11.6 Å². The minimum Gasteiger partial charge on any atom is -0.284 e. The van der Waals surface area contributed by atoms with Crippen molar-refractivity contribution in [2.24, 2.45) is 0 Å². The van der Waals surface area contributed by atoms with E-state index < -0.39 is 0 Å². The Kier molecular flexibility index (Phi) is 1.65. The average Bonchev–Trinajstić information content (AvgIpc) is 2.04. The van der Waals surface area contributed by atoms with E-state index in [0.717, 1.165) is 0 Å². The molecule has 4 nitrogen and oxygen atoms in total. The van der Waals surface area contributed by atoms with E-state index in [2.05, 4.69) is 4.98 Å². The van der Waals surface area contributed by atoms with E-state index in [4.69, 9.17) is 0 Å². The van der Waals surface area contributed by atoms with Crippen LogP contribution < -0.4 is 11.2 Å². The molecule has 1 aliphatic heterocycles. The van der Waals surface area contributed by atoms with Gasteiger partial charge in [-0.25, -0.2) is 4.79 Å². The van der Waals surface area contributed by atoms with Crippen LogP contribution in [0.15, 0.2) is 32.2 Å². The van der Waals surface area contributed by atoms with Gasteiger partial charge in [-0.3, -0.25) is 14.3 Å². The second-order valence-corrected chi connectivity index (χ2v) is 3.30. The topological polar surface area (TPSA) is 54.9 Å². The van der Waals surface area contributed by atoms with Crippen molar-refractivity contribution >= 4 is 11.8 Å². The van der Waals surface area contributed by atoms with Crippen LogP contribution >= 0.6 is 11.8 Å². The molecule has 2 rings (SSSR count). The highest BCUT2D eigenvalue weighted by atomic mass is 32.2. The van der Waals surface area contributed by atoms with Gasteiger partial charge in [-0.1, -0.05) is 17.8 Å². The average molecular weight is 182 g/mol. The third-order valence-electron chi connectivity index (χ3n) is 1.57. The van der Waals surface area contributed by atoms with E-state index in [-0.39, 0.29) is 11.2 Å². The number of hydrogen-bond donors (Lipinski definition) is 1. The molecule has 2 heterocycles. The van der Waals surface area contributed by atoms with Crippen LogP contribution in [0.5, 0.6) is 0 Å². The summed E-state index contributed by atoms with van der Waals surface area (Å²) in [7, 11) is 0. The molecule has 0 saturated carbocycles. The highest BCUT2D eigenvalue weighted by Crippen LogP contribution is 2.19. The van der Waals surface area contributed by atoms with Gasteiger partial charge in [0.15, 0.2) is 0 Å². The van der Waals surface area contributed by atoms with Gasteiger partial charge in [0.25, 0.3) is 5.56 Å². The van der Waals surface area contributed by atoms with Crippen molar-refractivity contribution in [3.63, 3.8) is 0 Å². The fourth-order valence-corrected chi connectivity index (χ4v) is 1.82. The molecule has 1 N–H and O–H groups in total. The fraction of sp³-hybridized carbons (Fsp3) is 0.143. The number of hydrogen-bond acceptors (Lipinski definition) is 3. The molecule has 0 unspecified atom stereocenters. The molecule has 1 aliphatic rings. The minimum absolute atomic E-state index is 0.339. The van der Waals surface area contributed by atoms with Crippen LogP contribution in [0.3, 0.4) is 0 Å². The number of nitrogens with one attached hydrogen (secondary N) is 1. The van der Waals surface area contributed by atoms with Gasteiger partial charge in [-0.2, -0.15) is 0 Å². The summed E-state index contributed by atoms with van der Waals surface area (Å²) in [6.45, 7) is 0.540. The van der Waals surface area contributed by atoms with Crippen molar-refractivity contribution in [3.05, 3.63) is 38.4 Å². The third kappa shape index (κ3) is 1.12. The lowest BCUT2D eigenvalue weighted by Gasteiger charge is -2.10. The van der Waals surface area contributed by atoms with Crippen molar-refractivity contribution in [2.75, 3.05) is 0 Å². The smallest absolute Gasteiger partial charge is 0.284 e. The van der Waals surface area contributed by atoms with Crippen LogP contribution in [0.2, 0.25) is 0 Å². The predicted octanol–water partition coefficient (Wildman–Crippen LogP) is 0.156. The monoisotopic (exact) mass is 182 g/mol.